The molecule has 21 heavy (non-hydrogen) atoms. The van der Waals surface area contributed by atoms with Crippen LogP contribution in [0.5, 0.6) is 0 Å². The number of nitrogens with one attached hydrogen (secondary N) is 1. The first-order valence-electron chi connectivity index (χ1n) is 7.05. The van der Waals surface area contributed by atoms with E-state index in [1.165, 1.54) is 7.11 Å². The number of methoxy groups -OCH3 is 1. The van der Waals surface area contributed by atoms with E-state index >= 15 is 0 Å². The topological polar surface area (TPSA) is 71.7 Å². The van der Waals surface area contributed by atoms with Crippen LogP contribution in [-0.4, -0.2) is 37.4 Å². The number of fused-ring (bicyclic) bond motifs is 1. The molecule has 2 N–H and O–H groups in total. The minimum absolute atomic E-state index is 0.112. The van der Waals surface area contributed by atoms with Crippen molar-refractivity contribution in [2.24, 2.45) is 0 Å². The first-order chi connectivity index (χ1) is 10.1. The van der Waals surface area contributed by atoms with E-state index in [0.717, 1.165) is 11.0 Å². The molecule has 2 unspecified atom stereocenters. The summed E-state index contributed by atoms with van der Waals surface area (Å²) in [4.78, 5) is 12.1. The van der Waals surface area contributed by atoms with Crippen LogP contribution in [-0.2, 0) is 9.53 Å². The predicted molar refractivity (Wildman–Crippen MR) is 80.1 cm³/mol. The maximum atomic E-state index is 12.1. The van der Waals surface area contributed by atoms with Gasteiger partial charge in [-0.25, -0.2) is 0 Å². The third-order valence-corrected chi connectivity index (χ3v) is 3.40. The second-order valence-corrected chi connectivity index (χ2v) is 5.10. The van der Waals surface area contributed by atoms with E-state index in [-0.39, 0.29) is 18.4 Å². The average Bonchev–Trinajstić information content (AvgIpc) is 2.90. The van der Waals surface area contributed by atoms with E-state index in [1.54, 1.807) is 6.92 Å². The highest BCUT2D eigenvalue weighted by atomic mass is 16.5. The van der Waals surface area contributed by atoms with E-state index in [0.29, 0.717) is 18.7 Å². The molecule has 2 aromatic rings. The summed E-state index contributed by atoms with van der Waals surface area (Å²) in [6.07, 6.45) is -0.0938. The molecular formula is C16H21NO4. The number of hydrogen-bond acceptors (Lipinski definition) is 4. The summed E-state index contributed by atoms with van der Waals surface area (Å²) in [6, 6.07) is 9.55. The van der Waals surface area contributed by atoms with Crippen LogP contribution in [0.3, 0.4) is 0 Å². The molecule has 0 radical (unpaired) electrons. The van der Waals surface area contributed by atoms with Crippen LogP contribution in [0.4, 0.5) is 0 Å². The Morgan fingerprint density at radius 2 is 2.19 bits per heavy atom. The fourth-order valence-electron chi connectivity index (χ4n) is 2.14. The monoisotopic (exact) mass is 291 g/mol. The molecule has 5 nitrogen and oxygen atoms in total. The van der Waals surface area contributed by atoms with Crippen molar-refractivity contribution in [2.75, 3.05) is 20.3 Å². The van der Waals surface area contributed by atoms with E-state index in [9.17, 15) is 9.90 Å². The van der Waals surface area contributed by atoms with Crippen molar-refractivity contribution in [2.45, 2.75) is 25.4 Å². The molecule has 2 atom stereocenters. The molecule has 1 amide bonds. The Morgan fingerprint density at radius 3 is 2.90 bits per heavy atom. The van der Waals surface area contributed by atoms with Crippen LogP contribution in [0.2, 0.25) is 0 Å². The Labute approximate surface area is 123 Å². The Morgan fingerprint density at radius 1 is 1.43 bits per heavy atom. The van der Waals surface area contributed by atoms with Crippen molar-refractivity contribution in [1.29, 1.82) is 0 Å². The zero-order valence-corrected chi connectivity index (χ0v) is 12.3. The molecule has 1 aromatic carbocycles. The highest BCUT2D eigenvalue weighted by molar-refractivity contribution is 5.85. The van der Waals surface area contributed by atoms with Gasteiger partial charge in [0.2, 0.25) is 5.91 Å². The van der Waals surface area contributed by atoms with Gasteiger partial charge in [-0.2, -0.15) is 0 Å². The summed E-state index contributed by atoms with van der Waals surface area (Å²) in [5, 5.41) is 13.3. The number of carbonyl (C=O) groups is 1. The summed E-state index contributed by atoms with van der Waals surface area (Å²) < 4.78 is 10.5. The summed E-state index contributed by atoms with van der Waals surface area (Å²) >= 11 is 0. The Hall–Kier alpha value is -1.85. The van der Waals surface area contributed by atoms with E-state index in [4.69, 9.17) is 9.15 Å². The maximum absolute atomic E-state index is 12.1. The molecule has 0 spiro atoms. The van der Waals surface area contributed by atoms with Crippen molar-refractivity contribution in [3.05, 3.63) is 36.1 Å². The molecule has 1 aromatic heterocycles. The minimum Gasteiger partial charge on any atom is -0.460 e. The molecule has 2 rings (SSSR count). The summed E-state index contributed by atoms with van der Waals surface area (Å²) in [7, 11) is 1.53. The van der Waals surface area contributed by atoms with Gasteiger partial charge >= 0.3 is 0 Å². The first kappa shape index (κ1) is 15.5. The lowest BCUT2D eigenvalue weighted by atomic mass is 10.1. The SMILES string of the molecule is COCC(O)CCNC(=O)C(C)c1cc2ccccc2o1. The Balaban J connectivity index is 1.90. The van der Waals surface area contributed by atoms with Crippen LogP contribution in [0.25, 0.3) is 11.0 Å². The molecule has 0 saturated carbocycles. The summed E-state index contributed by atoms with van der Waals surface area (Å²) in [5.41, 5.74) is 0.780. The number of carbonyl (C=O) groups excluding carboxylic acids is 1. The Kier molecular flexibility index (Phi) is 5.36. The van der Waals surface area contributed by atoms with E-state index < -0.39 is 6.10 Å². The van der Waals surface area contributed by atoms with Crippen LogP contribution in [0.15, 0.2) is 34.7 Å². The van der Waals surface area contributed by atoms with E-state index in [2.05, 4.69) is 5.32 Å². The van der Waals surface area contributed by atoms with Crippen LogP contribution in [0.1, 0.15) is 25.0 Å². The number of benzene rings is 1. The fraction of sp³-hybridized carbons (Fsp3) is 0.438. The van der Waals surface area contributed by atoms with Crippen LogP contribution >= 0.6 is 0 Å². The molecule has 0 bridgehead atoms. The van der Waals surface area contributed by atoms with Crippen LogP contribution in [0, 0.1) is 0 Å². The second-order valence-electron chi connectivity index (χ2n) is 5.10. The third-order valence-electron chi connectivity index (χ3n) is 3.40. The van der Waals surface area contributed by atoms with Gasteiger partial charge in [0.05, 0.1) is 18.6 Å². The number of aliphatic hydroxyl groups is 1. The normalized spacial score (nSPS) is 14.0. The highest BCUT2D eigenvalue weighted by Crippen LogP contribution is 2.24. The average molecular weight is 291 g/mol. The lowest BCUT2D eigenvalue weighted by Gasteiger charge is -2.12. The van der Waals surface area contributed by atoms with Crippen molar-refractivity contribution in [3.8, 4) is 0 Å². The van der Waals surface area contributed by atoms with Crippen molar-refractivity contribution in [1.82, 2.24) is 5.32 Å². The number of furan rings is 1. The smallest absolute Gasteiger partial charge is 0.230 e. The number of aliphatic hydroxyl groups excluding tert-OH is 1. The zero-order valence-electron chi connectivity index (χ0n) is 12.3. The molecule has 0 aliphatic carbocycles. The quantitative estimate of drug-likeness (QED) is 0.819. The molecule has 0 fully saturated rings. The van der Waals surface area contributed by atoms with Gasteiger partial charge in [0.25, 0.3) is 0 Å². The van der Waals surface area contributed by atoms with Gasteiger partial charge < -0.3 is 19.6 Å². The summed E-state index contributed by atoms with van der Waals surface area (Å²) in [6.45, 7) is 2.49. The number of rotatable bonds is 7. The van der Waals surface area contributed by atoms with Gasteiger partial charge in [-0.3, -0.25) is 4.79 Å². The minimum atomic E-state index is -0.559. The number of ether oxygens (including phenoxy) is 1. The molecule has 0 aliphatic heterocycles. The first-order valence-corrected chi connectivity index (χ1v) is 7.05. The number of para-hydroxylation sites is 1. The second kappa shape index (κ2) is 7.24. The zero-order chi connectivity index (χ0) is 15.2. The highest BCUT2D eigenvalue weighted by Gasteiger charge is 2.19. The van der Waals surface area contributed by atoms with Gasteiger partial charge in [0.1, 0.15) is 11.3 Å². The summed E-state index contributed by atoms with van der Waals surface area (Å²) in [5.74, 6) is 0.168. The van der Waals surface area contributed by atoms with Crippen LogP contribution < -0.4 is 5.32 Å². The molecule has 5 heteroatoms. The Bertz CT molecular complexity index is 560. The molecule has 0 aliphatic rings. The largest absolute Gasteiger partial charge is 0.460 e. The third kappa shape index (κ3) is 4.06. The molecule has 0 saturated heterocycles. The van der Waals surface area contributed by atoms with Gasteiger partial charge in [-0.15, -0.1) is 0 Å². The van der Waals surface area contributed by atoms with Crippen molar-refractivity contribution >= 4 is 16.9 Å². The molecular weight excluding hydrogens is 270 g/mol. The van der Waals surface area contributed by atoms with Gasteiger partial charge in [-0.1, -0.05) is 18.2 Å². The lowest BCUT2D eigenvalue weighted by molar-refractivity contribution is -0.122. The van der Waals surface area contributed by atoms with Gasteiger partial charge in [0, 0.05) is 19.0 Å². The lowest BCUT2D eigenvalue weighted by Crippen LogP contribution is -2.31. The predicted octanol–water partition coefficient (Wildman–Crippen LogP) is 2.05. The standard InChI is InChI=1S/C16H21NO4/c1-11(16(19)17-8-7-13(18)10-20-2)15-9-12-5-3-4-6-14(12)21-15/h3-6,9,11,13,18H,7-8,10H2,1-2H3,(H,17,19). The van der Waals surface area contributed by atoms with Crippen molar-refractivity contribution < 1.29 is 19.1 Å². The fourth-order valence-corrected chi connectivity index (χ4v) is 2.14. The number of hydrogen-bond donors (Lipinski definition) is 2. The molecule has 1 heterocycles. The van der Waals surface area contributed by atoms with E-state index in [1.807, 2.05) is 30.3 Å². The van der Waals surface area contributed by atoms with Crippen molar-refractivity contribution in [3.63, 3.8) is 0 Å². The molecule has 114 valence electrons. The van der Waals surface area contributed by atoms with Gasteiger partial charge in [-0.05, 0) is 25.5 Å². The maximum Gasteiger partial charge on any atom is 0.230 e. The van der Waals surface area contributed by atoms with Gasteiger partial charge in [0.15, 0.2) is 0 Å². The number of amides is 1.